The van der Waals surface area contributed by atoms with Crippen molar-refractivity contribution in [2.45, 2.75) is 6.92 Å². The molecule has 0 fully saturated rings. The number of nitro benzene ring substituents is 1. The molecule has 108 valence electrons. The first-order valence-electron chi connectivity index (χ1n) is 5.82. The van der Waals surface area contributed by atoms with Crippen LogP contribution in [0, 0.1) is 17.0 Å². The molecule has 8 nitrogen and oxygen atoms in total. The van der Waals surface area contributed by atoms with Gasteiger partial charge in [0.25, 0.3) is 11.5 Å². The number of phenols is 1. The standard InChI is InChI=1S/C13H11N3O5/c1-6-8(5-9(12(14)18)13(19)15-6)7-2-3-11(17)10(4-7)16(20)21/h2-5,17H,1H3,(H2,14,18)(H,15,19). The minimum absolute atomic E-state index is 0.244. The van der Waals surface area contributed by atoms with E-state index in [0.717, 1.165) is 6.07 Å². The van der Waals surface area contributed by atoms with Crippen LogP contribution >= 0.6 is 0 Å². The molecule has 1 aromatic heterocycles. The minimum atomic E-state index is -0.897. The maximum absolute atomic E-state index is 11.6. The number of primary amides is 1. The third-order valence-electron chi connectivity index (χ3n) is 2.99. The summed E-state index contributed by atoms with van der Waals surface area (Å²) in [6.45, 7) is 1.58. The monoisotopic (exact) mass is 289 g/mol. The molecular weight excluding hydrogens is 278 g/mol. The zero-order valence-electron chi connectivity index (χ0n) is 10.9. The van der Waals surface area contributed by atoms with Crippen LogP contribution in [-0.2, 0) is 0 Å². The number of hydrogen-bond acceptors (Lipinski definition) is 5. The van der Waals surface area contributed by atoms with Crippen molar-refractivity contribution < 1.29 is 14.8 Å². The number of nitrogens with zero attached hydrogens (tertiary/aromatic N) is 1. The number of H-pyrrole nitrogens is 1. The largest absolute Gasteiger partial charge is 0.502 e. The van der Waals surface area contributed by atoms with Crippen LogP contribution in [-0.4, -0.2) is 20.9 Å². The lowest BCUT2D eigenvalue weighted by molar-refractivity contribution is -0.385. The first-order chi connectivity index (χ1) is 9.81. The molecule has 8 heteroatoms. The highest BCUT2D eigenvalue weighted by atomic mass is 16.6. The number of carbonyl (C=O) groups excluding carboxylic acids is 1. The molecule has 1 heterocycles. The number of hydrogen-bond donors (Lipinski definition) is 3. The smallest absolute Gasteiger partial charge is 0.311 e. The fourth-order valence-corrected chi connectivity index (χ4v) is 1.94. The van der Waals surface area contributed by atoms with Gasteiger partial charge in [0.05, 0.1) is 4.92 Å². The van der Waals surface area contributed by atoms with E-state index in [1.165, 1.54) is 18.2 Å². The van der Waals surface area contributed by atoms with E-state index in [4.69, 9.17) is 5.73 Å². The van der Waals surface area contributed by atoms with E-state index < -0.39 is 27.8 Å². The Bertz CT molecular complexity index is 810. The number of benzene rings is 1. The predicted molar refractivity (Wildman–Crippen MR) is 74.1 cm³/mol. The second kappa shape index (κ2) is 5.08. The molecule has 0 unspecified atom stereocenters. The van der Waals surface area contributed by atoms with Crippen molar-refractivity contribution >= 4 is 11.6 Å². The van der Waals surface area contributed by atoms with E-state index in [0.29, 0.717) is 16.8 Å². The molecule has 0 aliphatic carbocycles. The van der Waals surface area contributed by atoms with Crippen molar-refractivity contribution in [3.8, 4) is 16.9 Å². The lowest BCUT2D eigenvalue weighted by Crippen LogP contribution is -2.24. The molecule has 21 heavy (non-hydrogen) atoms. The second-order valence-electron chi connectivity index (χ2n) is 4.38. The van der Waals surface area contributed by atoms with Gasteiger partial charge in [-0.05, 0) is 24.6 Å². The summed E-state index contributed by atoms with van der Waals surface area (Å²) in [5.74, 6) is -1.37. The van der Waals surface area contributed by atoms with Crippen LogP contribution in [0.1, 0.15) is 16.1 Å². The van der Waals surface area contributed by atoms with Crippen LogP contribution in [0.2, 0.25) is 0 Å². The van der Waals surface area contributed by atoms with Crippen LogP contribution in [0.15, 0.2) is 29.1 Å². The highest BCUT2D eigenvalue weighted by Gasteiger charge is 2.17. The Hall–Kier alpha value is -3.16. The zero-order valence-corrected chi connectivity index (χ0v) is 10.9. The normalized spacial score (nSPS) is 10.3. The second-order valence-corrected chi connectivity index (χ2v) is 4.38. The van der Waals surface area contributed by atoms with E-state index >= 15 is 0 Å². The van der Waals surface area contributed by atoms with E-state index in [-0.39, 0.29) is 5.56 Å². The van der Waals surface area contributed by atoms with Crippen molar-refractivity contribution in [1.82, 2.24) is 4.98 Å². The Labute approximate surface area is 118 Å². The van der Waals surface area contributed by atoms with Crippen molar-refractivity contribution in [1.29, 1.82) is 0 Å². The summed E-state index contributed by atoms with van der Waals surface area (Å²) in [6, 6.07) is 5.03. The molecule has 0 spiro atoms. The molecule has 1 aromatic carbocycles. The van der Waals surface area contributed by atoms with Gasteiger partial charge in [0.2, 0.25) is 0 Å². The Morgan fingerprint density at radius 3 is 2.62 bits per heavy atom. The van der Waals surface area contributed by atoms with Crippen molar-refractivity contribution in [3.05, 3.63) is 56.0 Å². The van der Waals surface area contributed by atoms with Gasteiger partial charge in [0.15, 0.2) is 5.75 Å². The Kier molecular flexibility index (Phi) is 3.45. The third kappa shape index (κ3) is 2.59. The fourth-order valence-electron chi connectivity index (χ4n) is 1.94. The average Bonchev–Trinajstić information content (AvgIpc) is 2.39. The summed E-state index contributed by atoms with van der Waals surface area (Å²) in [7, 11) is 0. The van der Waals surface area contributed by atoms with Gasteiger partial charge in [-0.25, -0.2) is 0 Å². The molecule has 0 saturated heterocycles. The number of rotatable bonds is 3. The average molecular weight is 289 g/mol. The van der Waals surface area contributed by atoms with Crippen LogP contribution < -0.4 is 11.3 Å². The third-order valence-corrected chi connectivity index (χ3v) is 2.99. The highest BCUT2D eigenvalue weighted by Crippen LogP contribution is 2.32. The Morgan fingerprint density at radius 2 is 2.05 bits per heavy atom. The molecule has 2 rings (SSSR count). The molecular formula is C13H11N3O5. The number of aryl methyl sites for hydroxylation is 1. The van der Waals surface area contributed by atoms with Crippen LogP contribution in [0.4, 0.5) is 5.69 Å². The zero-order chi connectivity index (χ0) is 15.7. The van der Waals surface area contributed by atoms with E-state index in [1.54, 1.807) is 6.92 Å². The summed E-state index contributed by atoms with van der Waals surface area (Å²) in [4.78, 5) is 35.4. The van der Waals surface area contributed by atoms with E-state index in [2.05, 4.69) is 4.98 Å². The number of aromatic nitrogens is 1. The quantitative estimate of drug-likeness (QED) is 0.572. The van der Waals surface area contributed by atoms with Gasteiger partial charge in [0, 0.05) is 17.3 Å². The summed E-state index contributed by atoms with van der Waals surface area (Å²) in [5.41, 5.74) is 4.96. The molecule has 4 N–H and O–H groups in total. The van der Waals surface area contributed by atoms with Gasteiger partial charge in [-0.2, -0.15) is 0 Å². The molecule has 0 radical (unpaired) electrons. The molecule has 1 amide bonds. The Morgan fingerprint density at radius 1 is 1.38 bits per heavy atom. The first kappa shape index (κ1) is 14.3. The predicted octanol–water partition coefficient (Wildman–Crippen LogP) is 1.06. The maximum atomic E-state index is 11.6. The van der Waals surface area contributed by atoms with Gasteiger partial charge < -0.3 is 15.8 Å². The molecule has 0 aliphatic heterocycles. The van der Waals surface area contributed by atoms with Crippen molar-refractivity contribution in [2.75, 3.05) is 0 Å². The number of aromatic amines is 1. The number of carbonyl (C=O) groups is 1. The minimum Gasteiger partial charge on any atom is -0.502 e. The number of amides is 1. The molecule has 2 aromatic rings. The van der Waals surface area contributed by atoms with Crippen LogP contribution in [0.3, 0.4) is 0 Å². The molecule has 0 aliphatic rings. The lowest BCUT2D eigenvalue weighted by atomic mass is 10.0. The molecule has 0 bridgehead atoms. The summed E-state index contributed by atoms with van der Waals surface area (Å²) >= 11 is 0. The van der Waals surface area contributed by atoms with Gasteiger partial charge >= 0.3 is 5.69 Å². The molecule has 0 atom stereocenters. The van der Waals surface area contributed by atoms with Gasteiger partial charge in [0.1, 0.15) is 5.56 Å². The van der Waals surface area contributed by atoms with E-state index in [1.807, 2.05) is 0 Å². The number of aromatic hydroxyl groups is 1. The fraction of sp³-hybridized carbons (Fsp3) is 0.0769. The van der Waals surface area contributed by atoms with Gasteiger partial charge in [-0.3, -0.25) is 19.7 Å². The summed E-state index contributed by atoms with van der Waals surface area (Å²) < 4.78 is 0. The maximum Gasteiger partial charge on any atom is 0.311 e. The highest BCUT2D eigenvalue weighted by molar-refractivity contribution is 5.94. The van der Waals surface area contributed by atoms with E-state index in [9.17, 15) is 24.8 Å². The SMILES string of the molecule is Cc1[nH]c(=O)c(C(N)=O)cc1-c1ccc(O)c([N+](=O)[O-])c1. The number of nitrogens with two attached hydrogens (primary N) is 1. The van der Waals surface area contributed by atoms with Crippen LogP contribution in [0.25, 0.3) is 11.1 Å². The first-order valence-corrected chi connectivity index (χ1v) is 5.82. The topological polar surface area (TPSA) is 139 Å². The Balaban J connectivity index is 2.70. The number of nitrogens with one attached hydrogen (secondary N) is 1. The summed E-state index contributed by atoms with van der Waals surface area (Å²) in [6.07, 6.45) is 0. The molecule has 0 saturated carbocycles. The van der Waals surface area contributed by atoms with Gasteiger partial charge in [-0.1, -0.05) is 6.07 Å². The van der Waals surface area contributed by atoms with Crippen molar-refractivity contribution in [3.63, 3.8) is 0 Å². The number of pyridine rings is 1. The lowest BCUT2D eigenvalue weighted by Gasteiger charge is -2.08. The number of nitro groups is 1. The van der Waals surface area contributed by atoms with Crippen molar-refractivity contribution in [2.24, 2.45) is 5.73 Å². The van der Waals surface area contributed by atoms with Crippen LogP contribution in [0.5, 0.6) is 5.75 Å². The number of phenolic OH excluding ortho intramolecular Hbond substituents is 1. The summed E-state index contributed by atoms with van der Waals surface area (Å²) in [5, 5.41) is 20.3. The van der Waals surface area contributed by atoms with Gasteiger partial charge in [-0.15, -0.1) is 0 Å².